The molecular formula is C43H53F2N9O4. The van der Waals surface area contributed by atoms with Crippen LogP contribution in [-0.4, -0.2) is 99.9 Å². The number of anilines is 2. The zero-order valence-electron chi connectivity index (χ0n) is 32.9. The van der Waals surface area contributed by atoms with Crippen LogP contribution in [-0.2, 0) is 20.8 Å². The first kappa shape index (κ1) is 40.7. The molecule has 4 aromatic rings. The van der Waals surface area contributed by atoms with E-state index in [0.29, 0.717) is 61.4 Å². The highest BCUT2D eigenvalue weighted by Crippen LogP contribution is 2.37. The van der Waals surface area contributed by atoms with Crippen LogP contribution < -0.4 is 20.9 Å². The van der Waals surface area contributed by atoms with Gasteiger partial charge in [0.05, 0.1) is 12.2 Å². The molecule has 13 nitrogen and oxygen atoms in total. The number of carbonyl (C=O) groups excluding carboxylic acids is 4. The molecule has 3 fully saturated rings. The summed E-state index contributed by atoms with van der Waals surface area (Å²) < 4.78 is 30.2. The number of piperazine rings is 1. The SMILES string of the molecule is O=C1CCC(Nc2ccc(CCCN3CCN(C(=O)CCCCCCCNC(=O)c4cnn5ccc(N6CCCC6c6cc(F)ccc6F)nc45)CC3)cc2)C(=O)N1. The van der Waals surface area contributed by atoms with E-state index in [1.165, 1.54) is 17.8 Å². The van der Waals surface area contributed by atoms with Crippen molar-refractivity contribution in [2.24, 2.45) is 0 Å². The standard InChI is InChI=1S/C43H53F2N9O4/c44-31-13-16-35(45)33(28-31)37-9-7-22-53(37)38-19-23-54-41(49-38)34(29-47-54)42(57)46-20-5-3-1-2-4-10-40(56)52-26-24-51(25-27-52)21-6-8-30-11-14-32(15-12-30)48-36-17-18-39(55)50-43(36)58/h11-16,19,23,28-29,36-37,48H,1-10,17-18,20-22,24-27H2,(H,46,57)(H,50,55,58). The molecule has 3 N–H and O–H groups in total. The van der Waals surface area contributed by atoms with Gasteiger partial charge in [0.15, 0.2) is 5.65 Å². The molecule has 0 spiro atoms. The van der Waals surface area contributed by atoms with Crippen LogP contribution in [0.2, 0.25) is 0 Å². The Morgan fingerprint density at radius 1 is 0.879 bits per heavy atom. The lowest BCUT2D eigenvalue weighted by Gasteiger charge is -2.34. The fraction of sp³-hybridized carbons (Fsp3) is 0.488. The van der Waals surface area contributed by atoms with E-state index in [0.717, 1.165) is 102 Å². The van der Waals surface area contributed by atoms with Gasteiger partial charge in [0.25, 0.3) is 5.91 Å². The Labute approximate surface area is 337 Å². The molecule has 0 saturated carbocycles. The van der Waals surface area contributed by atoms with Crippen LogP contribution in [0.5, 0.6) is 0 Å². The minimum atomic E-state index is -0.480. The number of aromatic nitrogens is 3. The summed E-state index contributed by atoms with van der Waals surface area (Å²) in [4.78, 5) is 60.5. The zero-order chi connectivity index (χ0) is 40.4. The van der Waals surface area contributed by atoms with Gasteiger partial charge in [-0.1, -0.05) is 31.4 Å². The lowest BCUT2D eigenvalue weighted by molar-refractivity contribution is -0.134. The Morgan fingerprint density at radius 2 is 1.67 bits per heavy atom. The molecule has 5 heterocycles. The molecule has 3 aliphatic rings. The van der Waals surface area contributed by atoms with Gasteiger partial charge >= 0.3 is 0 Å². The molecule has 2 aromatic carbocycles. The molecule has 7 rings (SSSR count). The van der Waals surface area contributed by atoms with E-state index < -0.39 is 11.6 Å². The van der Waals surface area contributed by atoms with Crippen LogP contribution in [0.1, 0.15) is 98.2 Å². The van der Waals surface area contributed by atoms with Crippen LogP contribution >= 0.6 is 0 Å². The lowest BCUT2D eigenvalue weighted by Crippen LogP contribution is -2.48. The molecule has 308 valence electrons. The molecule has 0 bridgehead atoms. The van der Waals surface area contributed by atoms with Gasteiger partial charge in [0, 0.05) is 69.6 Å². The number of rotatable bonds is 17. The maximum Gasteiger partial charge on any atom is 0.256 e. The number of carbonyl (C=O) groups is 4. The van der Waals surface area contributed by atoms with Crippen LogP contribution in [0.3, 0.4) is 0 Å². The fourth-order valence-corrected chi connectivity index (χ4v) is 8.23. The average Bonchev–Trinajstić information content (AvgIpc) is 3.89. The maximum atomic E-state index is 14.6. The lowest BCUT2D eigenvalue weighted by atomic mass is 10.0. The Hall–Kier alpha value is -5.44. The Morgan fingerprint density at radius 3 is 2.48 bits per heavy atom. The molecule has 3 saturated heterocycles. The number of halogens is 2. The average molecular weight is 798 g/mol. The minimum Gasteiger partial charge on any atom is -0.374 e. The van der Waals surface area contributed by atoms with Crippen molar-refractivity contribution in [3.05, 3.63) is 89.2 Å². The summed E-state index contributed by atoms with van der Waals surface area (Å²) >= 11 is 0. The van der Waals surface area contributed by atoms with Gasteiger partial charge in [-0.15, -0.1) is 0 Å². The zero-order valence-corrected chi connectivity index (χ0v) is 32.9. The van der Waals surface area contributed by atoms with Gasteiger partial charge in [0.2, 0.25) is 17.7 Å². The molecule has 2 aromatic heterocycles. The van der Waals surface area contributed by atoms with Crippen molar-refractivity contribution < 1.29 is 28.0 Å². The van der Waals surface area contributed by atoms with E-state index in [2.05, 4.69) is 38.1 Å². The Kier molecular flexibility index (Phi) is 13.6. The molecule has 2 unspecified atom stereocenters. The van der Waals surface area contributed by atoms with Gasteiger partial charge in [-0.3, -0.25) is 29.4 Å². The number of fused-ring (bicyclic) bond motifs is 1. The van der Waals surface area contributed by atoms with Crippen molar-refractivity contribution in [2.75, 3.05) is 56.0 Å². The van der Waals surface area contributed by atoms with E-state index in [1.54, 1.807) is 16.8 Å². The van der Waals surface area contributed by atoms with E-state index in [1.807, 2.05) is 21.9 Å². The number of piperidine rings is 1. The largest absolute Gasteiger partial charge is 0.374 e. The summed E-state index contributed by atoms with van der Waals surface area (Å²) in [5.74, 6) is -0.861. The topological polar surface area (TPSA) is 144 Å². The number of nitrogens with one attached hydrogen (secondary N) is 3. The Bertz CT molecular complexity index is 2070. The highest BCUT2D eigenvalue weighted by Gasteiger charge is 2.31. The molecule has 2 atom stereocenters. The molecule has 58 heavy (non-hydrogen) atoms. The summed E-state index contributed by atoms with van der Waals surface area (Å²) in [7, 11) is 0. The molecule has 3 aliphatic heterocycles. The van der Waals surface area contributed by atoms with Gasteiger partial charge in [-0.25, -0.2) is 18.3 Å². The number of aryl methyl sites for hydroxylation is 1. The van der Waals surface area contributed by atoms with Crippen molar-refractivity contribution >= 4 is 40.8 Å². The summed E-state index contributed by atoms with van der Waals surface area (Å²) in [5, 5.41) is 12.9. The van der Waals surface area contributed by atoms with Crippen molar-refractivity contribution in [2.45, 2.75) is 89.1 Å². The second kappa shape index (κ2) is 19.3. The molecule has 15 heteroatoms. The molecule has 4 amide bonds. The molecular weight excluding hydrogens is 745 g/mol. The van der Waals surface area contributed by atoms with Crippen molar-refractivity contribution in [3.63, 3.8) is 0 Å². The Balaban J connectivity index is 0.742. The minimum absolute atomic E-state index is 0.218. The highest BCUT2D eigenvalue weighted by atomic mass is 19.1. The number of hydrogen-bond acceptors (Lipinski definition) is 9. The van der Waals surface area contributed by atoms with Crippen LogP contribution in [0, 0.1) is 11.6 Å². The van der Waals surface area contributed by atoms with Crippen molar-refractivity contribution in [1.82, 2.24) is 35.0 Å². The quantitative estimate of drug-likeness (QED) is 0.0944. The predicted molar refractivity (Wildman–Crippen MR) is 216 cm³/mol. The summed E-state index contributed by atoms with van der Waals surface area (Å²) in [6, 6.07) is 12.7. The molecule has 0 radical (unpaired) electrons. The first-order valence-corrected chi connectivity index (χ1v) is 20.8. The smallest absolute Gasteiger partial charge is 0.256 e. The second-order valence-electron chi connectivity index (χ2n) is 15.6. The van der Waals surface area contributed by atoms with E-state index in [9.17, 15) is 28.0 Å². The van der Waals surface area contributed by atoms with Gasteiger partial charge < -0.3 is 20.4 Å². The normalized spacial score (nSPS) is 18.8. The van der Waals surface area contributed by atoms with Crippen molar-refractivity contribution in [3.8, 4) is 0 Å². The fourth-order valence-electron chi connectivity index (χ4n) is 8.23. The van der Waals surface area contributed by atoms with Crippen LogP contribution in [0.15, 0.2) is 60.9 Å². The predicted octanol–water partition coefficient (Wildman–Crippen LogP) is 5.41. The van der Waals surface area contributed by atoms with Gasteiger partial charge in [-0.05, 0) is 93.5 Å². The van der Waals surface area contributed by atoms with E-state index in [-0.39, 0.29) is 35.7 Å². The third-order valence-corrected chi connectivity index (χ3v) is 11.5. The van der Waals surface area contributed by atoms with Crippen LogP contribution in [0.25, 0.3) is 5.65 Å². The first-order chi connectivity index (χ1) is 28.2. The monoisotopic (exact) mass is 797 g/mol. The van der Waals surface area contributed by atoms with Crippen LogP contribution in [0.4, 0.5) is 20.3 Å². The highest BCUT2D eigenvalue weighted by molar-refractivity contribution is 6.01. The number of benzene rings is 2. The number of imide groups is 1. The number of hydrogen-bond donors (Lipinski definition) is 3. The second-order valence-corrected chi connectivity index (χ2v) is 15.6. The van der Waals surface area contributed by atoms with E-state index >= 15 is 0 Å². The van der Waals surface area contributed by atoms with Gasteiger partial charge in [-0.2, -0.15) is 5.10 Å². The number of nitrogens with zero attached hydrogens (tertiary/aromatic N) is 6. The third kappa shape index (κ3) is 10.3. The summed E-state index contributed by atoms with van der Waals surface area (Å²) in [6.45, 7) is 5.43. The number of amides is 4. The van der Waals surface area contributed by atoms with Crippen molar-refractivity contribution in [1.29, 1.82) is 0 Å². The van der Waals surface area contributed by atoms with E-state index in [4.69, 9.17) is 4.98 Å². The maximum absolute atomic E-state index is 14.6. The third-order valence-electron chi connectivity index (χ3n) is 11.5. The molecule has 0 aliphatic carbocycles. The summed E-state index contributed by atoms with van der Waals surface area (Å²) in [5.41, 5.74) is 3.18. The van der Waals surface area contributed by atoms with Gasteiger partial charge in [0.1, 0.15) is 29.1 Å². The summed E-state index contributed by atoms with van der Waals surface area (Å²) in [6.07, 6.45) is 12.7. The number of unbranched alkanes of at least 4 members (excludes halogenated alkanes) is 4. The first-order valence-electron chi connectivity index (χ1n) is 20.8.